The lowest BCUT2D eigenvalue weighted by molar-refractivity contribution is -0.122. The Morgan fingerprint density at radius 3 is 2.44 bits per heavy atom. The Bertz CT molecular complexity index is 188. The molecule has 0 saturated heterocycles. The van der Waals surface area contributed by atoms with E-state index in [9.17, 15) is 4.79 Å². The Morgan fingerprint density at radius 1 is 1.12 bits per heavy atom. The molecule has 0 heterocycles. The first-order valence-electron chi connectivity index (χ1n) is 6.65. The molecular formula is C13H24ClNO. The van der Waals surface area contributed by atoms with Crippen molar-refractivity contribution in [1.82, 2.24) is 5.32 Å². The molecule has 0 atom stereocenters. The molecule has 0 aromatic carbocycles. The number of unbranched alkanes of at least 4 members (excludes halogenated alkanes) is 1. The number of rotatable bonds is 6. The zero-order valence-electron chi connectivity index (χ0n) is 10.1. The molecule has 2 nitrogen and oxygen atoms in total. The second-order valence-electron chi connectivity index (χ2n) is 4.81. The van der Waals surface area contributed by atoms with E-state index in [4.69, 9.17) is 11.6 Å². The molecule has 16 heavy (non-hydrogen) atoms. The van der Waals surface area contributed by atoms with E-state index < -0.39 is 0 Å². The summed E-state index contributed by atoms with van der Waals surface area (Å²) in [5.74, 6) is 1.57. The quantitative estimate of drug-likeness (QED) is 0.433. The predicted octanol–water partition coefficient (Wildman–Crippen LogP) is 3.48. The summed E-state index contributed by atoms with van der Waals surface area (Å²) in [5.41, 5.74) is 0. The second-order valence-corrected chi connectivity index (χ2v) is 5.19. The van der Waals surface area contributed by atoms with E-state index in [2.05, 4.69) is 5.32 Å². The lowest BCUT2D eigenvalue weighted by atomic mass is 9.96. The zero-order valence-corrected chi connectivity index (χ0v) is 10.9. The molecule has 1 aliphatic carbocycles. The SMILES string of the molecule is O=C(CC1CCCCCC1)NCCCCCl. The number of amides is 1. The van der Waals surface area contributed by atoms with Crippen LogP contribution in [0, 0.1) is 5.92 Å². The molecule has 1 aliphatic rings. The van der Waals surface area contributed by atoms with Crippen LogP contribution in [0.3, 0.4) is 0 Å². The monoisotopic (exact) mass is 245 g/mol. The van der Waals surface area contributed by atoms with Crippen molar-refractivity contribution < 1.29 is 4.79 Å². The van der Waals surface area contributed by atoms with Crippen molar-refractivity contribution in [1.29, 1.82) is 0 Å². The normalized spacial score (nSPS) is 18.1. The standard InChI is InChI=1S/C13H24ClNO/c14-9-5-6-10-15-13(16)11-12-7-3-1-2-4-8-12/h12H,1-11H2,(H,15,16). The third-order valence-electron chi connectivity index (χ3n) is 3.33. The van der Waals surface area contributed by atoms with Gasteiger partial charge in [0.05, 0.1) is 0 Å². The van der Waals surface area contributed by atoms with Crippen LogP contribution in [0.25, 0.3) is 0 Å². The van der Waals surface area contributed by atoms with Gasteiger partial charge in [0, 0.05) is 18.8 Å². The molecular weight excluding hydrogens is 222 g/mol. The van der Waals surface area contributed by atoms with Gasteiger partial charge in [-0.2, -0.15) is 0 Å². The van der Waals surface area contributed by atoms with Crippen molar-refractivity contribution >= 4 is 17.5 Å². The van der Waals surface area contributed by atoms with Crippen molar-refractivity contribution in [3.63, 3.8) is 0 Å². The molecule has 3 heteroatoms. The van der Waals surface area contributed by atoms with E-state index in [-0.39, 0.29) is 5.91 Å². The van der Waals surface area contributed by atoms with Gasteiger partial charge in [0.1, 0.15) is 0 Å². The van der Waals surface area contributed by atoms with Crippen molar-refractivity contribution in [2.45, 2.75) is 57.8 Å². The fourth-order valence-electron chi connectivity index (χ4n) is 2.35. The van der Waals surface area contributed by atoms with Crippen molar-refractivity contribution in [2.75, 3.05) is 12.4 Å². The molecule has 1 fully saturated rings. The first-order chi connectivity index (χ1) is 7.83. The van der Waals surface area contributed by atoms with Gasteiger partial charge in [-0.1, -0.05) is 25.7 Å². The van der Waals surface area contributed by atoms with Crippen molar-refractivity contribution in [2.24, 2.45) is 5.92 Å². The first-order valence-corrected chi connectivity index (χ1v) is 7.19. The summed E-state index contributed by atoms with van der Waals surface area (Å²) in [6.07, 6.45) is 10.5. The predicted molar refractivity (Wildman–Crippen MR) is 68.8 cm³/mol. The molecule has 1 rings (SSSR count). The number of alkyl halides is 1. The molecule has 1 amide bonds. The van der Waals surface area contributed by atoms with Gasteiger partial charge in [0.15, 0.2) is 0 Å². The Morgan fingerprint density at radius 2 is 1.81 bits per heavy atom. The molecule has 0 bridgehead atoms. The van der Waals surface area contributed by atoms with Crippen LogP contribution >= 0.6 is 11.6 Å². The number of carbonyl (C=O) groups is 1. The Kier molecular flexibility index (Phi) is 7.65. The summed E-state index contributed by atoms with van der Waals surface area (Å²) in [4.78, 5) is 11.6. The van der Waals surface area contributed by atoms with Crippen LogP contribution in [0.15, 0.2) is 0 Å². The van der Waals surface area contributed by atoms with Crippen molar-refractivity contribution in [3.05, 3.63) is 0 Å². The lowest BCUT2D eigenvalue weighted by Gasteiger charge is -2.13. The van der Waals surface area contributed by atoms with Crippen molar-refractivity contribution in [3.8, 4) is 0 Å². The Hall–Kier alpha value is -0.240. The third-order valence-corrected chi connectivity index (χ3v) is 3.60. The van der Waals surface area contributed by atoms with Crippen LogP contribution in [0.2, 0.25) is 0 Å². The van der Waals surface area contributed by atoms with E-state index >= 15 is 0 Å². The average Bonchev–Trinajstić information content (AvgIpc) is 2.53. The van der Waals surface area contributed by atoms with E-state index in [1.807, 2.05) is 0 Å². The number of hydrogen-bond donors (Lipinski definition) is 1. The molecule has 1 saturated carbocycles. The highest BCUT2D eigenvalue weighted by Crippen LogP contribution is 2.25. The van der Waals surface area contributed by atoms with Crippen LogP contribution in [-0.2, 0) is 4.79 Å². The topological polar surface area (TPSA) is 29.1 Å². The second kappa shape index (κ2) is 8.86. The molecule has 0 unspecified atom stereocenters. The molecule has 0 aromatic heterocycles. The summed E-state index contributed by atoms with van der Waals surface area (Å²) >= 11 is 5.58. The van der Waals surface area contributed by atoms with Crippen LogP contribution < -0.4 is 5.32 Å². The maximum atomic E-state index is 11.6. The molecule has 0 aromatic rings. The summed E-state index contributed by atoms with van der Waals surface area (Å²) in [7, 11) is 0. The van der Waals surface area contributed by atoms with Crippen LogP contribution in [-0.4, -0.2) is 18.3 Å². The van der Waals surface area contributed by atoms with Gasteiger partial charge in [-0.15, -0.1) is 11.6 Å². The maximum absolute atomic E-state index is 11.6. The summed E-state index contributed by atoms with van der Waals surface area (Å²) in [5, 5.41) is 2.99. The Labute approximate surface area is 104 Å². The van der Waals surface area contributed by atoms with Gasteiger partial charge in [-0.05, 0) is 31.6 Å². The van der Waals surface area contributed by atoms with Gasteiger partial charge in [0.2, 0.25) is 5.91 Å². The minimum absolute atomic E-state index is 0.237. The highest BCUT2D eigenvalue weighted by atomic mass is 35.5. The molecule has 94 valence electrons. The minimum atomic E-state index is 0.237. The number of carbonyl (C=O) groups excluding carboxylic acids is 1. The minimum Gasteiger partial charge on any atom is -0.356 e. The highest BCUT2D eigenvalue weighted by Gasteiger charge is 2.15. The van der Waals surface area contributed by atoms with E-state index in [0.29, 0.717) is 11.8 Å². The fraction of sp³-hybridized carbons (Fsp3) is 0.923. The van der Waals surface area contributed by atoms with Gasteiger partial charge in [-0.3, -0.25) is 4.79 Å². The van der Waals surface area contributed by atoms with E-state index in [0.717, 1.165) is 25.8 Å². The summed E-state index contributed by atoms with van der Waals surface area (Å²) in [6, 6.07) is 0. The first kappa shape index (κ1) is 13.8. The fourth-order valence-corrected chi connectivity index (χ4v) is 2.54. The summed E-state index contributed by atoms with van der Waals surface area (Å²) < 4.78 is 0. The number of halogens is 1. The van der Waals surface area contributed by atoms with Crippen LogP contribution in [0.4, 0.5) is 0 Å². The van der Waals surface area contributed by atoms with Gasteiger partial charge < -0.3 is 5.32 Å². The Balaban J connectivity index is 2.07. The van der Waals surface area contributed by atoms with Gasteiger partial charge >= 0.3 is 0 Å². The maximum Gasteiger partial charge on any atom is 0.220 e. The molecule has 0 spiro atoms. The van der Waals surface area contributed by atoms with Gasteiger partial charge in [0.25, 0.3) is 0 Å². The lowest BCUT2D eigenvalue weighted by Crippen LogP contribution is -2.26. The molecule has 0 aliphatic heterocycles. The molecule has 0 radical (unpaired) electrons. The average molecular weight is 246 g/mol. The third kappa shape index (κ3) is 6.37. The number of hydrogen-bond acceptors (Lipinski definition) is 1. The van der Waals surface area contributed by atoms with E-state index in [1.54, 1.807) is 0 Å². The van der Waals surface area contributed by atoms with Gasteiger partial charge in [-0.25, -0.2) is 0 Å². The molecule has 1 N–H and O–H groups in total. The smallest absolute Gasteiger partial charge is 0.220 e. The van der Waals surface area contributed by atoms with E-state index in [1.165, 1.54) is 38.5 Å². The highest BCUT2D eigenvalue weighted by molar-refractivity contribution is 6.17. The largest absolute Gasteiger partial charge is 0.356 e. The van der Waals surface area contributed by atoms with Crippen LogP contribution in [0.5, 0.6) is 0 Å². The number of nitrogens with one attached hydrogen (secondary N) is 1. The van der Waals surface area contributed by atoms with Crippen LogP contribution in [0.1, 0.15) is 57.8 Å². The summed E-state index contributed by atoms with van der Waals surface area (Å²) in [6.45, 7) is 0.790. The zero-order chi connectivity index (χ0) is 11.6.